The summed E-state index contributed by atoms with van der Waals surface area (Å²) in [5.41, 5.74) is -0.224. The largest absolute Gasteiger partial charge is 0.497 e. The third-order valence-electron chi connectivity index (χ3n) is 6.92. The van der Waals surface area contributed by atoms with Crippen LogP contribution in [0.5, 0.6) is 5.75 Å². The molecule has 1 aliphatic carbocycles. The van der Waals surface area contributed by atoms with Crippen LogP contribution in [0, 0.1) is 0 Å². The van der Waals surface area contributed by atoms with Crippen LogP contribution in [0.4, 0.5) is 0 Å². The van der Waals surface area contributed by atoms with E-state index in [9.17, 15) is 14.4 Å². The first-order valence-electron chi connectivity index (χ1n) is 11.8. The summed E-state index contributed by atoms with van der Waals surface area (Å²) in [6.07, 6.45) is 7.85. The number of aromatic nitrogens is 2. The Labute approximate surface area is 199 Å². The van der Waals surface area contributed by atoms with Crippen LogP contribution in [0.15, 0.2) is 30.6 Å². The minimum absolute atomic E-state index is 0.0431. The van der Waals surface area contributed by atoms with Crippen molar-refractivity contribution in [3.8, 4) is 5.75 Å². The Bertz CT molecular complexity index is 1060. The fraction of sp³-hybridized carbons (Fsp3) is 0.520. The number of hydrogen-bond donors (Lipinski definition) is 1. The van der Waals surface area contributed by atoms with E-state index in [0.717, 1.165) is 31.2 Å². The normalized spacial score (nSPS) is 20.9. The summed E-state index contributed by atoms with van der Waals surface area (Å²) in [5.74, 6) is -0.606. The maximum absolute atomic E-state index is 13.8. The van der Waals surface area contributed by atoms with Crippen LogP contribution in [-0.2, 0) is 22.6 Å². The molecule has 2 aromatic rings. The van der Waals surface area contributed by atoms with Crippen molar-refractivity contribution in [2.24, 2.45) is 0 Å². The molecule has 0 bridgehead atoms. The highest BCUT2D eigenvalue weighted by Gasteiger charge is 2.49. The zero-order chi connectivity index (χ0) is 24.3. The number of imidazole rings is 1. The van der Waals surface area contributed by atoms with Crippen LogP contribution >= 0.6 is 0 Å². The molecule has 1 atom stereocenters. The van der Waals surface area contributed by atoms with E-state index in [1.165, 1.54) is 26.3 Å². The lowest BCUT2D eigenvalue weighted by Gasteiger charge is -2.44. The lowest BCUT2D eigenvalue weighted by Crippen LogP contribution is -2.64. The number of ether oxygens (including phenoxy) is 2. The molecule has 1 saturated carbocycles. The zero-order valence-corrected chi connectivity index (χ0v) is 20.0. The first kappa shape index (κ1) is 23.8. The van der Waals surface area contributed by atoms with E-state index in [1.807, 2.05) is 24.3 Å². The lowest BCUT2D eigenvalue weighted by molar-refractivity contribution is -0.134. The molecule has 1 aromatic carbocycles. The molecule has 0 radical (unpaired) electrons. The number of esters is 1. The summed E-state index contributed by atoms with van der Waals surface area (Å²) in [7, 11) is 2.84. The molecule has 1 N–H and O–H groups in total. The van der Waals surface area contributed by atoms with Crippen LogP contribution < -0.4 is 10.1 Å². The van der Waals surface area contributed by atoms with Gasteiger partial charge < -0.3 is 24.3 Å². The highest BCUT2D eigenvalue weighted by Crippen LogP contribution is 2.31. The Balaban J connectivity index is 1.69. The van der Waals surface area contributed by atoms with Crippen molar-refractivity contribution in [2.45, 2.75) is 70.1 Å². The second kappa shape index (κ2) is 9.87. The molecule has 2 heterocycles. The maximum Gasteiger partial charge on any atom is 0.359 e. The minimum Gasteiger partial charge on any atom is -0.497 e. The fourth-order valence-electron chi connectivity index (χ4n) is 4.86. The number of fused-ring (bicyclic) bond motifs is 1. The summed E-state index contributed by atoms with van der Waals surface area (Å²) in [4.78, 5) is 45.4. The third kappa shape index (κ3) is 4.51. The molecule has 2 amide bonds. The fourth-order valence-corrected chi connectivity index (χ4v) is 4.86. The maximum atomic E-state index is 13.8. The quantitative estimate of drug-likeness (QED) is 0.517. The summed E-state index contributed by atoms with van der Waals surface area (Å²) < 4.78 is 11.6. The average Bonchev–Trinajstić information content (AvgIpc) is 3.09. The summed E-state index contributed by atoms with van der Waals surface area (Å²) >= 11 is 0. The highest BCUT2D eigenvalue weighted by atomic mass is 16.5. The average molecular weight is 469 g/mol. The molecule has 0 unspecified atom stereocenters. The molecule has 1 aliphatic heterocycles. The standard InChI is InChI=1S/C25H32N4O5/c1-25(24(32)27-18-8-6-4-5-7-9-18)15-28-16-26-20(23(31)34-3)21(28)22(30)29(25)14-17-10-12-19(33-2)13-11-17/h10-13,16,18H,4-9,14-15H2,1-3H3,(H,27,32)/t25-/m1/s1. The molecule has 0 spiro atoms. The summed E-state index contributed by atoms with van der Waals surface area (Å²) in [6.45, 7) is 2.16. The summed E-state index contributed by atoms with van der Waals surface area (Å²) in [5, 5.41) is 3.22. The van der Waals surface area contributed by atoms with Gasteiger partial charge in [0.05, 0.1) is 27.1 Å². The second-order valence-corrected chi connectivity index (χ2v) is 9.24. The first-order chi connectivity index (χ1) is 16.4. The van der Waals surface area contributed by atoms with Crippen molar-refractivity contribution in [3.63, 3.8) is 0 Å². The van der Waals surface area contributed by atoms with Gasteiger partial charge in [-0.1, -0.05) is 37.8 Å². The number of rotatable bonds is 6. The predicted octanol–water partition coefficient (Wildman–Crippen LogP) is 2.93. The number of hydrogen-bond acceptors (Lipinski definition) is 6. The van der Waals surface area contributed by atoms with Crippen LogP contribution in [0.2, 0.25) is 0 Å². The molecule has 9 heteroatoms. The van der Waals surface area contributed by atoms with E-state index in [1.54, 1.807) is 23.5 Å². The highest BCUT2D eigenvalue weighted by molar-refractivity contribution is 6.06. The van der Waals surface area contributed by atoms with Gasteiger partial charge in [-0.15, -0.1) is 0 Å². The van der Waals surface area contributed by atoms with Gasteiger partial charge in [0.25, 0.3) is 5.91 Å². The van der Waals surface area contributed by atoms with Gasteiger partial charge in [-0.2, -0.15) is 0 Å². The number of nitrogens with zero attached hydrogens (tertiary/aromatic N) is 3. The first-order valence-corrected chi connectivity index (χ1v) is 11.8. The summed E-state index contributed by atoms with van der Waals surface area (Å²) in [6, 6.07) is 7.46. The Morgan fingerprint density at radius 1 is 1.12 bits per heavy atom. The Hall–Kier alpha value is -3.36. The van der Waals surface area contributed by atoms with E-state index in [4.69, 9.17) is 9.47 Å². The topological polar surface area (TPSA) is 103 Å². The Morgan fingerprint density at radius 2 is 1.79 bits per heavy atom. The van der Waals surface area contributed by atoms with Gasteiger partial charge in [-0.3, -0.25) is 9.59 Å². The van der Waals surface area contributed by atoms with E-state index in [-0.39, 0.29) is 36.4 Å². The number of nitrogens with one attached hydrogen (secondary N) is 1. The predicted molar refractivity (Wildman–Crippen MR) is 124 cm³/mol. The molecule has 2 aliphatic rings. The van der Waals surface area contributed by atoms with Gasteiger partial charge in [0, 0.05) is 12.6 Å². The Kier molecular flexibility index (Phi) is 6.90. The van der Waals surface area contributed by atoms with Gasteiger partial charge in [-0.05, 0) is 37.5 Å². The van der Waals surface area contributed by atoms with E-state index in [2.05, 4.69) is 10.3 Å². The van der Waals surface area contributed by atoms with Crippen LogP contribution in [0.25, 0.3) is 0 Å². The Morgan fingerprint density at radius 3 is 2.41 bits per heavy atom. The van der Waals surface area contributed by atoms with Crippen molar-refractivity contribution >= 4 is 17.8 Å². The van der Waals surface area contributed by atoms with Crippen LogP contribution in [0.3, 0.4) is 0 Å². The van der Waals surface area contributed by atoms with Crippen molar-refractivity contribution in [2.75, 3.05) is 14.2 Å². The monoisotopic (exact) mass is 468 g/mol. The van der Waals surface area contributed by atoms with Gasteiger partial charge in [0.1, 0.15) is 17.0 Å². The molecule has 1 aromatic heterocycles. The van der Waals surface area contributed by atoms with E-state index in [0.29, 0.717) is 5.75 Å². The number of methoxy groups -OCH3 is 2. The molecule has 0 saturated heterocycles. The number of benzene rings is 1. The van der Waals surface area contributed by atoms with Crippen molar-refractivity contribution in [1.29, 1.82) is 0 Å². The molecule has 1 fully saturated rings. The molecule has 9 nitrogen and oxygen atoms in total. The number of amides is 2. The minimum atomic E-state index is -1.16. The third-order valence-corrected chi connectivity index (χ3v) is 6.92. The van der Waals surface area contributed by atoms with Gasteiger partial charge in [-0.25, -0.2) is 9.78 Å². The van der Waals surface area contributed by atoms with Gasteiger partial charge in [0.2, 0.25) is 5.91 Å². The number of carbonyl (C=O) groups excluding carboxylic acids is 3. The zero-order valence-electron chi connectivity index (χ0n) is 20.0. The van der Waals surface area contributed by atoms with Gasteiger partial charge in [0.15, 0.2) is 5.69 Å². The van der Waals surface area contributed by atoms with E-state index >= 15 is 0 Å². The second-order valence-electron chi connectivity index (χ2n) is 9.24. The van der Waals surface area contributed by atoms with Crippen molar-refractivity contribution in [1.82, 2.24) is 19.8 Å². The lowest BCUT2D eigenvalue weighted by atomic mass is 9.92. The van der Waals surface area contributed by atoms with Crippen molar-refractivity contribution < 1.29 is 23.9 Å². The SMILES string of the molecule is COC(=O)c1ncn2c1C(=O)N(Cc1ccc(OC)cc1)[C@@](C)(C(=O)NC1CCCCCC1)C2. The molecular weight excluding hydrogens is 436 g/mol. The number of carbonyl (C=O) groups is 3. The molecule has 4 rings (SSSR count). The smallest absolute Gasteiger partial charge is 0.359 e. The molecular formula is C25H32N4O5. The van der Waals surface area contributed by atoms with Gasteiger partial charge >= 0.3 is 5.97 Å². The van der Waals surface area contributed by atoms with E-state index < -0.39 is 17.4 Å². The van der Waals surface area contributed by atoms with Crippen LogP contribution in [-0.4, -0.2) is 58.0 Å². The van der Waals surface area contributed by atoms with Crippen LogP contribution in [0.1, 0.15) is 72.0 Å². The molecule has 182 valence electrons. The molecule has 34 heavy (non-hydrogen) atoms. The van der Waals surface area contributed by atoms with Crippen molar-refractivity contribution in [3.05, 3.63) is 47.5 Å².